The van der Waals surface area contributed by atoms with E-state index in [-0.39, 0.29) is 11.5 Å². The minimum atomic E-state index is -0.575. The average Bonchev–Trinajstić information content (AvgIpc) is 2.84. The lowest BCUT2D eigenvalue weighted by Gasteiger charge is -2.03. The molecule has 0 saturated carbocycles. The molecule has 0 bridgehead atoms. The fourth-order valence-electron chi connectivity index (χ4n) is 1.72. The molecule has 0 saturated heterocycles. The summed E-state index contributed by atoms with van der Waals surface area (Å²) >= 11 is 11.1. The van der Waals surface area contributed by atoms with Crippen LogP contribution in [0.1, 0.15) is 12.5 Å². The molecule has 0 amide bonds. The van der Waals surface area contributed by atoms with Gasteiger partial charge in [0.1, 0.15) is 10.5 Å². The van der Waals surface area contributed by atoms with E-state index in [1.54, 1.807) is 25.4 Å². The summed E-state index contributed by atoms with van der Waals surface area (Å²) in [7, 11) is 0. The van der Waals surface area contributed by atoms with Crippen molar-refractivity contribution in [2.24, 2.45) is 5.73 Å². The summed E-state index contributed by atoms with van der Waals surface area (Å²) in [6.07, 6.45) is 4.65. The average molecular weight is 310 g/mol. The van der Waals surface area contributed by atoms with Crippen LogP contribution in [0.3, 0.4) is 0 Å². The first-order valence-electron chi connectivity index (χ1n) is 5.84. The van der Waals surface area contributed by atoms with Gasteiger partial charge in [-0.1, -0.05) is 23.8 Å². The Kier molecular flexibility index (Phi) is 4.36. The van der Waals surface area contributed by atoms with Crippen LogP contribution in [-0.2, 0) is 9.53 Å². The normalized spacial score (nSPS) is 11.6. The topological polar surface area (TPSA) is 81.0 Å². The van der Waals surface area contributed by atoms with Gasteiger partial charge in [-0.25, -0.2) is 9.78 Å². The Balaban J connectivity index is 2.39. The molecule has 5 nitrogen and oxygen atoms in total. The SMILES string of the molecule is CCOC(=O)C(=S)/C=C(\N)c1c[nH]c2nccc(Cl)c12. The summed E-state index contributed by atoms with van der Waals surface area (Å²) in [5, 5.41) is 1.21. The highest BCUT2D eigenvalue weighted by molar-refractivity contribution is 7.82. The van der Waals surface area contributed by atoms with E-state index in [2.05, 4.69) is 9.97 Å². The maximum absolute atomic E-state index is 11.5. The summed E-state index contributed by atoms with van der Waals surface area (Å²) in [5.74, 6) is -0.575. The van der Waals surface area contributed by atoms with Gasteiger partial charge in [-0.2, -0.15) is 0 Å². The maximum atomic E-state index is 11.5. The highest BCUT2D eigenvalue weighted by Gasteiger charge is 2.13. The number of pyridine rings is 1. The van der Waals surface area contributed by atoms with E-state index in [0.29, 0.717) is 27.3 Å². The van der Waals surface area contributed by atoms with Crippen molar-refractivity contribution in [2.75, 3.05) is 6.61 Å². The maximum Gasteiger partial charge on any atom is 0.349 e. The van der Waals surface area contributed by atoms with E-state index in [0.717, 1.165) is 0 Å². The van der Waals surface area contributed by atoms with Gasteiger partial charge in [0.2, 0.25) is 0 Å². The Morgan fingerprint density at radius 3 is 3.10 bits per heavy atom. The van der Waals surface area contributed by atoms with E-state index in [1.165, 1.54) is 6.08 Å². The highest BCUT2D eigenvalue weighted by atomic mass is 35.5. The van der Waals surface area contributed by atoms with Crippen molar-refractivity contribution in [2.45, 2.75) is 6.92 Å². The molecule has 0 spiro atoms. The van der Waals surface area contributed by atoms with Crippen LogP contribution in [0.4, 0.5) is 0 Å². The third kappa shape index (κ3) is 2.81. The minimum absolute atomic E-state index is 0.0127. The molecular formula is C13H12ClN3O2S. The molecule has 0 atom stereocenters. The van der Waals surface area contributed by atoms with Crippen LogP contribution >= 0.6 is 23.8 Å². The third-order valence-electron chi connectivity index (χ3n) is 2.60. The van der Waals surface area contributed by atoms with E-state index in [1.807, 2.05) is 0 Å². The molecular weight excluding hydrogens is 298 g/mol. The molecule has 2 aromatic heterocycles. The van der Waals surface area contributed by atoms with E-state index < -0.39 is 5.97 Å². The lowest BCUT2D eigenvalue weighted by molar-refractivity contribution is -0.134. The fourth-order valence-corrected chi connectivity index (χ4v) is 2.16. The molecule has 0 aliphatic heterocycles. The standard InChI is InChI=1S/C13H12ClN3O2S/c1-2-19-13(18)10(20)5-9(15)7-6-17-12-11(7)8(14)3-4-16-12/h3-6H,2,15H2,1H3,(H,16,17)/b9-5-. The number of hydrogen-bond donors (Lipinski definition) is 2. The predicted octanol–water partition coefficient (Wildman–Crippen LogP) is 2.45. The number of rotatable bonds is 4. The lowest BCUT2D eigenvalue weighted by atomic mass is 10.1. The quantitative estimate of drug-likeness (QED) is 0.515. The smallest absolute Gasteiger partial charge is 0.349 e. The van der Waals surface area contributed by atoms with Crippen LogP contribution in [0.25, 0.3) is 16.7 Å². The first-order valence-corrected chi connectivity index (χ1v) is 6.63. The summed E-state index contributed by atoms with van der Waals surface area (Å²) < 4.78 is 4.81. The first-order chi connectivity index (χ1) is 9.54. The Hall–Kier alpha value is -1.92. The van der Waals surface area contributed by atoms with Gasteiger partial charge < -0.3 is 15.5 Å². The molecule has 0 aliphatic rings. The first kappa shape index (κ1) is 14.5. The summed E-state index contributed by atoms with van der Waals surface area (Å²) in [4.78, 5) is 18.6. The van der Waals surface area contributed by atoms with Gasteiger partial charge in [-0.15, -0.1) is 0 Å². The van der Waals surface area contributed by atoms with Crippen molar-refractivity contribution in [3.05, 3.63) is 35.1 Å². The number of nitrogens with two attached hydrogens (primary N) is 1. The molecule has 0 fully saturated rings. The molecule has 0 radical (unpaired) electrons. The Morgan fingerprint density at radius 2 is 2.40 bits per heavy atom. The summed E-state index contributed by atoms with van der Waals surface area (Å²) in [6.45, 7) is 1.97. The van der Waals surface area contributed by atoms with Crippen LogP contribution in [0.2, 0.25) is 5.02 Å². The van der Waals surface area contributed by atoms with Gasteiger partial charge >= 0.3 is 5.97 Å². The van der Waals surface area contributed by atoms with Gasteiger partial charge in [0, 0.05) is 29.0 Å². The molecule has 0 unspecified atom stereocenters. The number of fused-ring (bicyclic) bond motifs is 1. The van der Waals surface area contributed by atoms with Crippen LogP contribution in [0.5, 0.6) is 0 Å². The van der Waals surface area contributed by atoms with Crippen LogP contribution < -0.4 is 5.73 Å². The molecule has 104 valence electrons. The van der Waals surface area contributed by atoms with Crippen molar-refractivity contribution in [1.82, 2.24) is 9.97 Å². The number of hydrogen-bond acceptors (Lipinski definition) is 5. The number of carbonyl (C=O) groups is 1. The Bertz CT molecular complexity index is 709. The largest absolute Gasteiger partial charge is 0.462 e. The summed E-state index contributed by atoms with van der Waals surface area (Å²) in [5.41, 5.74) is 7.55. The molecule has 2 aromatic rings. The van der Waals surface area contributed by atoms with Crippen LogP contribution in [0, 0.1) is 0 Å². The van der Waals surface area contributed by atoms with E-state index >= 15 is 0 Å². The Morgan fingerprint density at radius 1 is 1.65 bits per heavy atom. The number of nitrogens with zero attached hydrogens (tertiary/aromatic N) is 1. The second kappa shape index (κ2) is 6.02. The number of ether oxygens (including phenoxy) is 1. The molecule has 2 rings (SSSR count). The number of aromatic amines is 1. The molecule has 7 heteroatoms. The van der Waals surface area contributed by atoms with Gasteiger partial charge in [-0.05, 0) is 19.1 Å². The van der Waals surface area contributed by atoms with Crippen molar-refractivity contribution in [3.63, 3.8) is 0 Å². The van der Waals surface area contributed by atoms with Crippen LogP contribution in [0.15, 0.2) is 24.5 Å². The van der Waals surface area contributed by atoms with Gasteiger partial charge in [0.05, 0.1) is 11.6 Å². The number of H-pyrrole nitrogens is 1. The van der Waals surface area contributed by atoms with Gasteiger partial charge in [0.25, 0.3) is 0 Å². The van der Waals surface area contributed by atoms with Crippen molar-refractivity contribution in [3.8, 4) is 0 Å². The zero-order chi connectivity index (χ0) is 14.7. The van der Waals surface area contributed by atoms with Crippen LogP contribution in [-0.4, -0.2) is 27.4 Å². The molecule has 20 heavy (non-hydrogen) atoms. The number of nitrogens with one attached hydrogen (secondary N) is 1. The highest BCUT2D eigenvalue weighted by Crippen LogP contribution is 2.27. The van der Waals surface area contributed by atoms with Gasteiger partial charge in [-0.3, -0.25) is 0 Å². The zero-order valence-electron chi connectivity index (χ0n) is 10.6. The molecule has 2 heterocycles. The number of carbonyl (C=O) groups excluding carboxylic acids is 1. The van der Waals surface area contributed by atoms with Gasteiger partial charge in [0.15, 0.2) is 0 Å². The monoisotopic (exact) mass is 309 g/mol. The number of halogens is 1. The molecule has 0 aromatic carbocycles. The zero-order valence-corrected chi connectivity index (χ0v) is 12.2. The fraction of sp³-hybridized carbons (Fsp3) is 0.154. The second-order valence-corrected chi connectivity index (χ2v) is 4.75. The third-order valence-corrected chi connectivity index (χ3v) is 3.20. The Labute approximate surface area is 125 Å². The van der Waals surface area contributed by atoms with Crippen molar-refractivity contribution < 1.29 is 9.53 Å². The second-order valence-electron chi connectivity index (χ2n) is 3.90. The number of aromatic nitrogens is 2. The molecule has 0 aliphatic carbocycles. The number of thiocarbonyl (C=S) groups is 1. The minimum Gasteiger partial charge on any atom is -0.462 e. The number of esters is 1. The van der Waals surface area contributed by atoms with E-state index in [9.17, 15) is 4.79 Å². The van der Waals surface area contributed by atoms with E-state index in [4.69, 9.17) is 34.3 Å². The predicted molar refractivity (Wildman–Crippen MR) is 82.5 cm³/mol. The van der Waals surface area contributed by atoms with Crippen molar-refractivity contribution >= 4 is 51.4 Å². The van der Waals surface area contributed by atoms with Crippen molar-refractivity contribution in [1.29, 1.82) is 0 Å². The lowest BCUT2D eigenvalue weighted by Crippen LogP contribution is -2.14. The summed E-state index contributed by atoms with van der Waals surface area (Å²) in [6, 6.07) is 1.66. The molecule has 3 N–H and O–H groups in total.